The zero-order valence-electron chi connectivity index (χ0n) is 35.7. The van der Waals surface area contributed by atoms with Gasteiger partial charge in [0.1, 0.15) is 23.3 Å². The van der Waals surface area contributed by atoms with Crippen LogP contribution in [0.3, 0.4) is 0 Å². The number of aromatic nitrogens is 2. The van der Waals surface area contributed by atoms with Crippen molar-refractivity contribution < 1.29 is 8.78 Å². The number of hydrogen-bond donors (Lipinski definition) is 0. The van der Waals surface area contributed by atoms with Crippen molar-refractivity contribution in [2.75, 3.05) is 0 Å². The summed E-state index contributed by atoms with van der Waals surface area (Å²) in [5.41, 5.74) is 11.4. The summed E-state index contributed by atoms with van der Waals surface area (Å²) in [4.78, 5) is 0. The standard InChI is InChI=1S/C57H45F2N3/c1-56(2,3)40-22-26-49-44(32-40)42-24-20-37(35-14-9-7-10-15-35)28-51(42)61(49)53-30-39(55-47(58)18-13-19-48(55)59)31-54(46(53)34-60)62-50-27-23-41(57(4,5)6)33-45(50)43-25-21-38(29-52(43)62)36-16-11-8-12-17-36/h7-33H,1-6H3. The van der Waals surface area contributed by atoms with Crippen molar-refractivity contribution in [2.24, 2.45) is 0 Å². The maximum absolute atomic E-state index is 16.2. The third-order valence-corrected chi connectivity index (χ3v) is 12.4. The molecule has 0 saturated carbocycles. The van der Waals surface area contributed by atoms with E-state index in [1.807, 2.05) is 36.4 Å². The molecule has 2 heterocycles. The van der Waals surface area contributed by atoms with Gasteiger partial charge in [0, 0.05) is 21.5 Å². The SMILES string of the molecule is CC(C)(C)c1ccc2c(c1)c1ccc(-c3ccccc3)cc1n2-c1cc(-c2c(F)cccc2F)cc(-n2c3ccc(C(C)(C)C)cc3c3ccc(-c4ccccc4)cc32)c1C#N. The van der Waals surface area contributed by atoms with E-state index in [0.29, 0.717) is 22.5 Å². The lowest BCUT2D eigenvalue weighted by atomic mass is 9.86. The van der Waals surface area contributed by atoms with Crippen LogP contribution in [0.4, 0.5) is 8.78 Å². The Morgan fingerprint density at radius 2 is 0.839 bits per heavy atom. The van der Waals surface area contributed by atoms with E-state index >= 15 is 8.78 Å². The second-order valence-electron chi connectivity index (χ2n) is 18.4. The Morgan fingerprint density at radius 3 is 1.24 bits per heavy atom. The maximum atomic E-state index is 16.2. The molecule has 0 aliphatic carbocycles. The number of hydrogen-bond acceptors (Lipinski definition) is 1. The second kappa shape index (κ2) is 14.4. The minimum atomic E-state index is -0.682. The average molecular weight is 810 g/mol. The highest BCUT2D eigenvalue weighted by Crippen LogP contribution is 2.44. The Bertz CT molecular complexity index is 3230. The molecular weight excluding hydrogens is 765 g/mol. The highest BCUT2D eigenvalue weighted by molar-refractivity contribution is 6.12. The molecule has 2 aromatic heterocycles. The molecule has 302 valence electrons. The number of rotatable bonds is 5. The normalized spacial score (nSPS) is 12.2. The van der Waals surface area contributed by atoms with Crippen molar-refractivity contribution in [2.45, 2.75) is 52.4 Å². The van der Waals surface area contributed by atoms with Crippen LogP contribution in [0.1, 0.15) is 58.2 Å². The second-order valence-corrected chi connectivity index (χ2v) is 18.4. The molecule has 8 aromatic carbocycles. The first-order chi connectivity index (χ1) is 29.8. The minimum Gasteiger partial charge on any atom is -0.308 e. The van der Waals surface area contributed by atoms with Crippen LogP contribution in [0.15, 0.2) is 164 Å². The Morgan fingerprint density at radius 1 is 0.403 bits per heavy atom. The zero-order chi connectivity index (χ0) is 43.1. The van der Waals surface area contributed by atoms with E-state index in [-0.39, 0.29) is 16.4 Å². The molecule has 10 aromatic rings. The van der Waals surface area contributed by atoms with E-state index in [1.54, 1.807) is 12.1 Å². The largest absolute Gasteiger partial charge is 0.308 e. The van der Waals surface area contributed by atoms with Crippen LogP contribution in [0, 0.1) is 23.0 Å². The van der Waals surface area contributed by atoms with Crippen LogP contribution in [0.2, 0.25) is 0 Å². The van der Waals surface area contributed by atoms with Crippen molar-refractivity contribution in [3.8, 4) is 50.8 Å². The number of nitriles is 1. The molecule has 5 heteroatoms. The molecule has 0 spiro atoms. The van der Waals surface area contributed by atoms with Gasteiger partial charge in [-0.3, -0.25) is 0 Å². The average Bonchev–Trinajstić information content (AvgIpc) is 3.77. The fourth-order valence-corrected chi connectivity index (χ4v) is 9.11. The molecular formula is C57H45F2N3. The molecule has 0 saturated heterocycles. The van der Waals surface area contributed by atoms with Gasteiger partial charge in [-0.25, -0.2) is 8.78 Å². The maximum Gasteiger partial charge on any atom is 0.133 e. The lowest BCUT2D eigenvalue weighted by Crippen LogP contribution is -2.11. The van der Waals surface area contributed by atoms with Gasteiger partial charge in [-0.05, 0) is 110 Å². The summed E-state index contributed by atoms with van der Waals surface area (Å²) >= 11 is 0. The first kappa shape index (κ1) is 38.9. The smallest absolute Gasteiger partial charge is 0.133 e. The van der Waals surface area contributed by atoms with Gasteiger partial charge in [0.2, 0.25) is 0 Å². The molecule has 10 rings (SSSR count). The van der Waals surface area contributed by atoms with Crippen molar-refractivity contribution in [3.05, 3.63) is 192 Å². The third kappa shape index (κ3) is 6.37. The van der Waals surface area contributed by atoms with Crippen LogP contribution in [0.25, 0.3) is 88.4 Å². The third-order valence-electron chi connectivity index (χ3n) is 12.4. The molecule has 0 atom stereocenters. The van der Waals surface area contributed by atoms with Crippen LogP contribution >= 0.6 is 0 Å². The van der Waals surface area contributed by atoms with Gasteiger partial charge in [-0.15, -0.1) is 0 Å². The van der Waals surface area contributed by atoms with Crippen molar-refractivity contribution in [1.82, 2.24) is 9.13 Å². The Hall–Kier alpha value is -7.29. The fraction of sp³-hybridized carbons (Fsp3) is 0.140. The summed E-state index contributed by atoms with van der Waals surface area (Å²) in [7, 11) is 0. The van der Waals surface area contributed by atoms with Crippen LogP contribution < -0.4 is 0 Å². The van der Waals surface area contributed by atoms with E-state index in [2.05, 4.69) is 154 Å². The Labute approximate surface area is 360 Å². The Kier molecular flexibility index (Phi) is 9.05. The van der Waals surface area contributed by atoms with Gasteiger partial charge < -0.3 is 9.13 Å². The van der Waals surface area contributed by atoms with Crippen molar-refractivity contribution in [3.63, 3.8) is 0 Å². The molecule has 0 unspecified atom stereocenters. The Balaban J connectivity index is 1.38. The summed E-state index contributed by atoms with van der Waals surface area (Å²) in [6.45, 7) is 13.2. The molecule has 0 fully saturated rings. The number of halogens is 2. The van der Waals surface area contributed by atoms with E-state index in [9.17, 15) is 5.26 Å². The molecule has 0 amide bonds. The molecule has 0 N–H and O–H groups in total. The predicted octanol–water partition coefficient (Wildman–Crippen LogP) is 15.6. The van der Waals surface area contributed by atoms with Gasteiger partial charge in [0.15, 0.2) is 0 Å². The number of benzene rings is 8. The van der Waals surface area contributed by atoms with Gasteiger partial charge in [0.05, 0.1) is 39.0 Å². The fourth-order valence-electron chi connectivity index (χ4n) is 9.11. The van der Waals surface area contributed by atoms with E-state index in [0.717, 1.165) is 65.9 Å². The topological polar surface area (TPSA) is 33.6 Å². The number of fused-ring (bicyclic) bond motifs is 6. The van der Waals surface area contributed by atoms with Gasteiger partial charge in [-0.1, -0.05) is 145 Å². The van der Waals surface area contributed by atoms with Crippen molar-refractivity contribution in [1.29, 1.82) is 5.26 Å². The first-order valence-corrected chi connectivity index (χ1v) is 21.1. The van der Waals surface area contributed by atoms with E-state index in [4.69, 9.17) is 0 Å². The quantitative estimate of drug-likeness (QED) is 0.170. The molecule has 0 aliphatic heterocycles. The monoisotopic (exact) mass is 809 g/mol. The van der Waals surface area contributed by atoms with Crippen molar-refractivity contribution >= 4 is 43.6 Å². The molecule has 0 bridgehead atoms. The first-order valence-electron chi connectivity index (χ1n) is 21.1. The van der Waals surface area contributed by atoms with Gasteiger partial charge in [0.25, 0.3) is 0 Å². The van der Waals surface area contributed by atoms with E-state index < -0.39 is 11.6 Å². The predicted molar refractivity (Wildman–Crippen MR) is 253 cm³/mol. The van der Waals surface area contributed by atoms with E-state index in [1.165, 1.54) is 29.3 Å². The lowest BCUT2D eigenvalue weighted by molar-refractivity contribution is 0.589. The summed E-state index contributed by atoms with van der Waals surface area (Å²) < 4.78 is 36.5. The summed E-state index contributed by atoms with van der Waals surface area (Å²) in [5, 5.41) is 15.7. The summed E-state index contributed by atoms with van der Waals surface area (Å²) in [6.07, 6.45) is 0. The number of nitrogens with zero attached hydrogens (tertiary/aromatic N) is 3. The summed E-state index contributed by atoms with van der Waals surface area (Å²) in [5.74, 6) is -1.36. The summed E-state index contributed by atoms with van der Waals surface area (Å²) in [6, 6.07) is 56.6. The zero-order valence-corrected chi connectivity index (χ0v) is 35.7. The van der Waals surface area contributed by atoms with Gasteiger partial charge in [-0.2, -0.15) is 5.26 Å². The van der Waals surface area contributed by atoms with Crippen LogP contribution in [-0.2, 0) is 10.8 Å². The highest BCUT2D eigenvalue weighted by Gasteiger charge is 2.26. The molecule has 0 radical (unpaired) electrons. The molecule has 62 heavy (non-hydrogen) atoms. The van der Waals surface area contributed by atoms with Crippen LogP contribution in [0.5, 0.6) is 0 Å². The van der Waals surface area contributed by atoms with Gasteiger partial charge >= 0.3 is 0 Å². The molecule has 3 nitrogen and oxygen atoms in total. The molecule has 0 aliphatic rings. The van der Waals surface area contributed by atoms with Crippen LogP contribution in [-0.4, -0.2) is 9.13 Å². The highest BCUT2D eigenvalue weighted by atomic mass is 19.1. The minimum absolute atomic E-state index is 0.123. The lowest BCUT2D eigenvalue weighted by Gasteiger charge is -2.21.